The summed E-state index contributed by atoms with van der Waals surface area (Å²) in [5.41, 5.74) is 6.01. The third-order valence-corrected chi connectivity index (χ3v) is 4.70. The van der Waals surface area contributed by atoms with Crippen LogP contribution in [0.5, 0.6) is 0 Å². The summed E-state index contributed by atoms with van der Waals surface area (Å²) in [5, 5.41) is 0. The fourth-order valence-corrected chi connectivity index (χ4v) is 3.21. The van der Waals surface area contributed by atoms with E-state index in [9.17, 15) is 17.2 Å². The zero-order valence-corrected chi connectivity index (χ0v) is 13.0. The fraction of sp³-hybridized carbons (Fsp3) is 0.0769. The monoisotopic (exact) mass is 376 g/mol. The molecule has 0 heterocycles. The third-order valence-electron chi connectivity index (χ3n) is 2.69. The van der Waals surface area contributed by atoms with Crippen molar-refractivity contribution in [3.05, 3.63) is 58.1 Å². The molecule has 0 spiro atoms. The van der Waals surface area contributed by atoms with Crippen molar-refractivity contribution < 1.29 is 17.2 Å². The molecule has 0 atom stereocenters. The van der Waals surface area contributed by atoms with Gasteiger partial charge in [-0.05, 0) is 51.8 Å². The largest absolute Gasteiger partial charge is 0.326 e. The summed E-state index contributed by atoms with van der Waals surface area (Å²) in [7, 11) is -4.13. The lowest BCUT2D eigenvalue weighted by Crippen LogP contribution is -2.15. The molecule has 2 aromatic carbocycles. The summed E-state index contributed by atoms with van der Waals surface area (Å²) in [5.74, 6) is -1.42. The summed E-state index contributed by atoms with van der Waals surface area (Å²) in [6.07, 6.45) is 0. The molecule has 21 heavy (non-hydrogen) atoms. The van der Waals surface area contributed by atoms with Crippen LogP contribution in [0.3, 0.4) is 0 Å². The number of rotatable bonds is 4. The van der Waals surface area contributed by atoms with E-state index in [0.29, 0.717) is 5.56 Å². The van der Waals surface area contributed by atoms with Crippen molar-refractivity contribution in [3.8, 4) is 0 Å². The maximum atomic E-state index is 13.7. The van der Waals surface area contributed by atoms with Crippen LogP contribution in [-0.4, -0.2) is 8.42 Å². The van der Waals surface area contributed by atoms with Gasteiger partial charge in [-0.3, -0.25) is 4.72 Å². The zero-order valence-electron chi connectivity index (χ0n) is 10.6. The summed E-state index contributed by atoms with van der Waals surface area (Å²) < 4.78 is 53.5. The van der Waals surface area contributed by atoms with Gasteiger partial charge in [-0.25, -0.2) is 17.2 Å². The average molecular weight is 377 g/mol. The van der Waals surface area contributed by atoms with Crippen LogP contribution in [0.1, 0.15) is 5.56 Å². The van der Waals surface area contributed by atoms with Crippen molar-refractivity contribution >= 4 is 31.6 Å². The summed E-state index contributed by atoms with van der Waals surface area (Å²) in [4.78, 5) is -0.508. The summed E-state index contributed by atoms with van der Waals surface area (Å²) in [6.45, 7) is 0.0882. The Labute approximate surface area is 129 Å². The first-order chi connectivity index (χ1) is 9.83. The first-order valence-electron chi connectivity index (χ1n) is 5.80. The van der Waals surface area contributed by atoms with Gasteiger partial charge in [0, 0.05) is 6.54 Å². The highest BCUT2D eigenvalue weighted by Gasteiger charge is 2.20. The van der Waals surface area contributed by atoms with E-state index < -0.39 is 26.6 Å². The zero-order chi connectivity index (χ0) is 15.6. The number of sulfonamides is 1. The minimum atomic E-state index is -4.13. The molecule has 0 aliphatic rings. The van der Waals surface area contributed by atoms with E-state index in [0.717, 1.165) is 18.2 Å². The summed E-state index contributed by atoms with van der Waals surface area (Å²) in [6, 6.07) is 7.19. The van der Waals surface area contributed by atoms with E-state index >= 15 is 0 Å². The lowest BCUT2D eigenvalue weighted by Gasteiger charge is -2.10. The predicted molar refractivity (Wildman–Crippen MR) is 79.2 cm³/mol. The number of hydrogen-bond donors (Lipinski definition) is 2. The van der Waals surface area contributed by atoms with Gasteiger partial charge in [-0.15, -0.1) is 0 Å². The molecule has 0 saturated heterocycles. The lowest BCUT2D eigenvalue weighted by molar-refractivity contribution is 0.569. The highest BCUT2D eigenvalue weighted by Crippen LogP contribution is 2.24. The molecule has 0 bridgehead atoms. The molecule has 8 heteroatoms. The number of benzene rings is 2. The number of nitrogens with one attached hydrogen (secondary N) is 1. The minimum absolute atomic E-state index is 0.0882. The van der Waals surface area contributed by atoms with Crippen LogP contribution in [0.25, 0.3) is 0 Å². The maximum absolute atomic E-state index is 13.7. The van der Waals surface area contributed by atoms with Crippen LogP contribution >= 0.6 is 15.9 Å². The quantitative estimate of drug-likeness (QED) is 0.861. The van der Waals surface area contributed by atoms with E-state index in [1.165, 1.54) is 18.2 Å². The Bertz CT molecular complexity index is 782. The lowest BCUT2D eigenvalue weighted by atomic mass is 10.2. The smallest absolute Gasteiger partial charge is 0.264 e. The van der Waals surface area contributed by atoms with Gasteiger partial charge in [-0.2, -0.15) is 0 Å². The SMILES string of the molecule is NCc1ccc(F)c(S(=O)(=O)Nc2ccc(F)c(Br)c2)c1. The number of nitrogens with two attached hydrogens (primary N) is 1. The molecule has 0 saturated carbocycles. The Kier molecular flexibility index (Phi) is 4.60. The number of halogens is 3. The molecule has 0 radical (unpaired) electrons. The molecule has 0 unspecified atom stereocenters. The second-order valence-electron chi connectivity index (χ2n) is 4.20. The number of anilines is 1. The molecular formula is C13H11BrF2N2O2S. The van der Waals surface area contributed by atoms with Crippen LogP contribution in [0.15, 0.2) is 45.8 Å². The Morgan fingerprint density at radius 3 is 2.38 bits per heavy atom. The van der Waals surface area contributed by atoms with Crippen molar-refractivity contribution in [2.75, 3.05) is 4.72 Å². The van der Waals surface area contributed by atoms with E-state index in [2.05, 4.69) is 20.7 Å². The second kappa shape index (κ2) is 6.08. The normalized spacial score (nSPS) is 11.4. The third kappa shape index (κ3) is 3.58. The highest BCUT2D eigenvalue weighted by atomic mass is 79.9. The van der Waals surface area contributed by atoms with E-state index in [1.54, 1.807) is 0 Å². The summed E-state index contributed by atoms with van der Waals surface area (Å²) >= 11 is 2.95. The Balaban J connectivity index is 2.40. The van der Waals surface area contributed by atoms with Crippen LogP contribution in [0.4, 0.5) is 14.5 Å². The Morgan fingerprint density at radius 2 is 1.76 bits per heavy atom. The molecule has 2 rings (SSSR count). The van der Waals surface area contributed by atoms with E-state index in [-0.39, 0.29) is 16.7 Å². The van der Waals surface area contributed by atoms with Crippen LogP contribution in [0.2, 0.25) is 0 Å². The maximum Gasteiger partial charge on any atom is 0.264 e. The van der Waals surface area contributed by atoms with Gasteiger partial charge < -0.3 is 5.73 Å². The van der Waals surface area contributed by atoms with Crippen LogP contribution < -0.4 is 10.5 Å². The van der Waals surface area contributed by atoms with Crippen molar-refractivity contribution in [3.63, 3.8) is 0 Å². The standard InChI is InChI=1S/C13H11BrF2N2O2S/c14-10-6-9(2-4-11(10)15)18-21(19,20)13-5-8(7-17)1-3-12(13)16/h1-6,18H,7,17H2. The molecule has 0 fully saturated rings. The molecule has 4 nitrogen and oxygen atoms in total. The van der Waals surface area contributed by atoms with Crippen LogP contribution in [0, 0.1) is 11.6 Å². The average Bonchev–Trinajstić information content (AvgIpc) is 2.43. The minimum Gasteiger partial charge on any atom is -0.326 e. The van der Waals surface area contributed by atoms with Crippen LogP contribution in [-0.2, 0) is 16.6 Å². The predicted octanol–water partition coefficient (Wildman–Crippen LogP) is 2.99. The van der Waals surface area contributed by atoms with Gasteiger partial charge in [0.05, 0.1) is 10.2 Å². The van der Waals surface area contributed by atoms with E-state index in [4.69, 9.17) is 5.73 Å². The fourth-order valence-electron chi connectivity index (χ4n) is 1.65. The topological polar surface area (TPSA) is 72.2 Å². The molecule has 0 aliphatic carbocycles. The molecule has 0 aromatic heterocycles. The van der Waals surface area contributed by atoms with Crippen molar-refractivity contribution in [2.24, 2.45) is 5.73 Å². The molecule has 2 aromatic rings. The van der Waals surface area contributed by atoms with E-state index in [1.807, 2.05) is 0 Å². The second-order valence-corrected chi connectivity index (χ2v) is 6.71. The van der Waals surface area contributed by atoms with Gasteiger partial charge in [-0.1, -0.05) is 6.07 Å². The Morgan fingerprint density at radius 1 is 1.10 bits per heavy atom. The van der Waals surface area contributed by atoms with Gasteiger partial charge in [0.15, 0.2) is 0 Å². The molecular weight excluding hydrogens is 366 g/mol. The van der Waals surface area contributed by atoms with Crippen molar-refractivity contribution in [1.82, 2.24) is 0 Å². The van der Waals surface area contributed by atoms with Gasteiger partial charge in [0.25, 0.3) is 10.0 Å². The van der Waals surface area contributed by atoms with Crippen molar-refractivity contribution in [2.45, 2.75) is 11.4 Å². The molecule has 3 N–H and O–H groups in total. The van der Waals surface area contributed by atoms with Gasteiger partial charge in [0.2, 0.25) is 0 Å². The number of hydrogen-bond acceptors (Lipinski definition) is 3. The van der Waals surface area contributed by atoms with Gasteiger partial charge >= 0.3 is 0 Å². The Hall–Kier alpha value is -1.51. The first kappa shape index (κ1) is 15.9. The molecule has 112 valence electrons. The highest BCUT2D eigenvalue weighted by molar-refractivity contribution is 9.10. The van der Waals surface area contributed by atoms with Crippen molar-refractivity contribution in [1.29, 1.82) is 0 Å². The van der Waals surface area contributed by atoms with Gasteiger partial charge in [0.1, 0.15) is 16.5 Å². The first-order valence-corrected chi connectivity index (χ1v) is 8.07. The molecule has 0 amide bonds. The molecule has 0 aliphatic heterocycles.